The lowest BCUT2D eigenvalue weighted by atomic mass is 9.47. The highest BCUT2D eigenvalue weighted by molar-refractivity contribution is 6.25. The van der Waals surface area contributed by atoms with Gasteiger partial charge < -0.3 is 4.74 Å². The van der Waals surface area contributed by atoms with Crippen LogP contribution in [0.1, 0.15) is 116 Å². The van der Waals surface area contributed by atoms with Crippen LogP contribution in [-0.2, 0) is 4.74 Å². The van der Waals surface area contributed by atoms with Gasteiger partial charge in [-0.25, -0.2) is 4.79 Å². The van der Waals surface area contributed by atoms with Crippen molar-refractivity contribution in [2.75, 3.05) is 0 Å². The summed E-state index contributed by atoms with van der Waals surface area (Å²) in [5.74, 6) is 4.92. The maximum Gasteiger partial charge on any atom is 0.339 e. The van der Waals surface area contributed by atoms with E-state index in [-0.39, 0.29) is 17.5 Å². The van der Waals surface area contributed by atoms with Crippen LogP contribution >= 0.6 is 0 Å². The SMILES string of the molecule is CC(C)CCC[C@@H](C)[C@H]1CC[C@@H]2[C@@H]3CC=C4C[C@@H](OC(=O)c5ccc6ccc7cccc8ccc5c6c78)CC[C@]4(C)[C@H]3CC[C@@]21C. The molecule has 0 bridgehead atoms. The lowest BCUT2D eigenvalue weighted by Crippen LogP contribution is -2.51. The number of rotatable bonds is 7. The summed E-state index contributed by atoms with van der Waals surface area (Å²) >= 11 is 0. The minimum atomic E-state index is -0.159. The monoisotopic (exact) mass is 614 g/mol. The molecule has 0 saturated heterocycles. The molecule has 46 heavy (non-hydrogen) atoms. The lowest BCUT2D eigenvalue weighted by Gasteiger charge is -2.58. The number of ether oxygens (including phenoxy) is 1. The van der Waals surface area contributed by atoms with Gasteiger partial charge >= 0.3 is 5.97 Å². The number of esters is 1. The summed E-state index contributed by atoms with van der Waals surface area (Å²) in [4.78, 5) is 13.8. The standard InChI is InChI=1S/C44H54O2/c1-27(2)8-6-9-28(3)37-20-21-38-36-19-16-32-26-33(22-24-43(32,4)39(36)23-25-44(37,38)5)46-42(45)35-18-15-31-13-12-29-10-7-11-30-14-17-34(35)41(31)40(29)30/h7,10-18,27-28,33,36-39H,6,8-9,19-26H2,1-5H3/t28-,33+,36+,37-,38-,39+,43+,44-/m1/s1. The first-order valence-corrected chi connectivity index (χ1v) is 18.7. The molecule has 2 heteroatoms. The molecule has 0 N–H and O–H groups in total. The molecule has 4 aliphatic carbocycles. The summed E-state index contributed by atoms with van der Waals surface area (Å²) in [6.45, 7) is 12.6. The second-order valence-corrected chi connectivity index (χ2v) is 17.0. The third-order valence-electron chi connectivity index (χ3n) is 14.3. The largest absolute Gasteiger partial charge is 0.458 e. The maximum absolute atomic E-state index is 13.8. The Bertz CT molecular complexity index is 1780. The summed E-state index contributed by atoms with van der Waals surface area (Å²) in [7, 11) is 0. The maximum atomic E-state index is 13.8. The van der Waals surface area contributed by atoms with E-state index in [0.29, 0.717) is 11.0 Å². The molecule has 0 aliphatic heterocycles. The van der Waals surface area contributed by atoms with Gasteiger partial charge in [0.2, 0.25) is 0 Å². The van der Waals surface area contributed by atoms with E-state index in [1.54, 1.807) is 5.57 Å². The van der Waals surface area contributed by atoms with Crippen molar-refractivity contribution < 1.29 is 9.53 Å². The number of carbonyl (C=O) groups excluding carboxylic acids is 1. The van der Waals surface area contributed by atoms with Gasteiger partial charge in [-0.15, -0.1) is 0 Å². The fourth-order valence-corrected chi connectivity index (χ4v) is 11.9. The second kappa shape index (κ2) is 11.4. The molecular weight excluding hydrogens is 560 g/mol. The number of hydrogen-bond donors (Lipinski definition) is 0. The van der Waals surface area contributed by atoms with Crippen LogP contribution in [0.3, 0.4) is 0 Å². The zero-order chi connectivity index (χ0) is 31.8. The quantitative estimate of drug-likeness (QED) is 0.118. The summed E-state index contributed by atoms with van der Waals surface area (Å²) in [6.07, 6.45) is 16.7. The van der Waals surface area contributed by atoms with Crippen LogP contribution in [0.4, 0.5) is 0 Å². The second-order valence-electron chi connectivity index (χ2n) is 17.0. The Labute approximate surface area is 276 Å². The third-order valence-corrected chi connectivity index (χ3v) is 14.3. The summed E-state index contributed by atoms with van der Waals surface area (Å²) < 4.78 is 6.39. The first-order valence-electron chi connectivity index (χ1n) is 18.7. The van der Waals surface area contributed by atoms with Gasteiger partial charge in [0.05, 0.1) is 5.56 Å². The molecule has 0 spiro atoms. The highest BCUT2D eigenvalue weighted by Gasteiger charge is 2.59. The summed E-state index contributed by atoms with van der Waals surface area (Å²) in [5.41, 5.74) is 3.08. The topological polar surface area (TPSA) is 26.3 Å². The molecule has 0 radical (unpaired) electrons. The van der Waals surface area contributed by atoms with Gasteiger partial charge in [-0.3, -0.25) is 0 Å². The van der Waals surface area contributed by atoms with Gasteiger partial charge in [0.15, 0.2) is 0 Å². The molecule has 0 heterocycles. The number of benzene rings is 4. The number of hydrogen-bond acceptors (Lipinski definition) is 2. The molecule has 242 valence electrons. The molecule has 0 aromatic heterocycles. The zero-order valence-corrected chi connectivity index (χ0v) is 28.9. The molecule has 8 atom stereocenters. The van der Waals surface area contributed by atoms with Crippen LogP contribution in [0.2, 0.25) is 0 Å². The van der Waals surface area contributed by atoms with E-state index in [2.05, 4.69) is 89.2 Å². The Balaban J connectivity index is 0.985. The molecule has 4 aromatic rings. The van der Waals surface area contributed by atoms with Crippen LogP contribution in [0, 0.1) is 46.3 Å². The van der Waals surface area contributed by atoms with E-state index < -0.39 is 0 Å². The van der Waals surface area contributed by atoms with E-state index in [0.717, 1.165) is 60.2 Å². The number of fused-ring (bicyclic) bond motifs is 5. The highest BCUT2D eigenvalue weighted by Crippen LogP contribution is 2.67. The van der Waals surface area contributed by atoms with Gasteiger partial charge in [0.1, 0.15) is 6.10 Å². The first kappa shape index (κ1) is 30.5. The first-order chi connectivity index (χ1) is 22.2. The predicted octanol–water partition coefficient (Wildman–Crippen LogP) is 12.2. The van der Waals surface area contributed by atoms with Crippen molar-refractivity contribution in [1.29, 1.82) is 0 Å². The van der Waals surface area contributed by atoms with Crippen molar-refractivity contribution in [3.8, 4) is 0 Å². The summed E-state index contributed by atoms with van der Waals surface area (Å²) in [5, 5.41) is 7.08. The fraction of sp³-hybridized carbons (Fsp3) is 0.568. The lowest BCUT2D eigenvalue weighted by molar-refractivity contribution is -0.0594. The molecule has 3 saturated carbocycles. The molecule has 0 amide bonds. The minimum absolute atomic E-state index is 0.0293. The van der Waals surface area contributed by atoms with E-state index in [4.69, 9.17) is 4.74 Å². The predicted molar refractivity (Wildman–Crippen MR) is 192 cm³/mol. The average Bonchev–Trinajstić information content (AvgIpc) is 3.41. The normalized spacial score (nSPS) is 33.2. The van der Waals surface area contributed by atoms with E-state index in [9.17, 15) is 4.79 Å². The van der Waals surface area contributed by atoms with Crippen molar-refractivity contribution in [2.45, 2.75) is 111 Å². The van der Waals surface area contributed by atoms with Crippen molar-refractivity contribution >= 4 is 38.3 Å². The Hall–Kier alpha value is -2.87. The molecule has 0 unspecified atom stereocenters. The molecule has 2 nitrogen and oxygen atoms in total. The van der Waals surface area contributed by atoms with E-state index >= 15 is 0 Å². The molecule has 3 fully saturated rings. The van der Waals surface area contributed by atoms with Crippen molar-refractivity contribution in [3.63, 3.8) is 0 Å². The van der Waals surface area contributed by atoms with Crippen LogP contribution in [0.25, 0.3) is 32.3 Å². The van der Waals surface area contributed by atoms with Gasteiger partial charge in [-0.05, 0) is 130 Å². The molecule has 4 aliphatic rings. The zero-order valence-electron chi connectivity index (χ0n) is 28.9. The average molecular weight is 615 g/mol. The van der Waals surface area contributed by atoms with Gasteiger partial charge in [0.25, 0.3) is 0 Å². The van der Waals surface area contributed by atoms with Gasteiger partial charge in [0, 0.05) is 6.42 Å². The Kier molecular flexibility index (Phi) is 7.54. The van der Waals surface area contributed by atoms with Crippen molar-refractivity contribution in [2.24, 2.45) is 46.3 Å². The Morgan fingerprint density at radius 1 is 0.826 bits per heavy atom. The van der Waals surface area contributed by atoms with Crippen molar-refractivity contribution in [1.82, 2.24) is 0 Å². The highest BCUT2D eigenvalue weighted by atomic mass is 16.5. The smallest absolute Gasteiger partial charge is 0.339 e. The van der Waals surface area contributed by atoms with Crippen LogP contribution in [-0.4, -0.2) is 12.1 Å². The van der Waals surface area contributed by atoms with Gasteiger partial charge in [-0.1, -0.05) is 114 Å². The Morgan fingerprint density at radius 3 is 2.35 bits per heavy atom. The van der Waals surface area contributed by atoms with Crippen LogP contribution < -0.4 is 0 Å². The van der Waals surface area contributed by atoms with Crippen LogP contribution in [0.15, 0.2) is 66.2 Å². The van der Waals surface area contributed by atoms with Gasteiger partial charge in [-0.2, -0.15) is 0 Å². The van der Waals surface area contributed by atoms with E-state index in [1.165, 1.54) is 78.3 Å². The number of allylic oxidation sites excluding steroid dienone is 1. The molecule has 4 aromatic carbocycles. The molecule has 8 rings (SSSR count). The number of carbonyl (C=O) groups is 1. The fourth-order valence-electron chi connectivity index (χ4n) is 11.9. The molecular formula is C44H54O2. The Morgan fingerprint density at radius 2 is 1.57 bits per heavy atom. The summed E-state index contributed by atoms with van der Waals surface area (Å²) in [6, 6.07) is 19.2. The van der Waals surface area contributed by atoms with E-state index in [1.807, 2.05) is 6.07 Å². The van der Waals surface area contributed by atoms with Crippen LogP contribution in [0.5, 0.6) is 0 Å². The third kappa shape index (κ3) is 4.75. The van der Waals surface area contributed by atoms with Crippen molar-refractivity contribution in [3.05, 3.63) is 71.8 Å². The minimum Gasteiger partial charge on any atom is -0.458 e.